The first-order valence-electron chi connectivity index (χ1n) is 5.18. The molecule has 0 saturated carbocycles. The first-order chi connectivity index (χ1) is 8.13. The lowest BCUT2D eigenvalue weighted by atomic mass is 10.1. The van der Waals surface area contributed by atoms with E-state index in [1.165, 1.54) is 0 Å². The van der Waals surface area contributed by atoms with Crippen LogP contribution < -0.4 is 16.4 Å². The van der Waals surface area contributed by atoms with Crippen LogP contribution in [-0.4, -0.2) is 30.2 Å². The first kappa shape index (κ1) is 13.0. The van der Waals surface area contributed by atoms with Crippen molar-refractivity contribution in [3.05, 3.63) is 29.8 Å². The van der Waals surface area contributed by atoms with E-state index >= 15 is 0 Å². The number of benzene rings is 1. The number of carbonyl (C=O) groups excluding carboxylic acids is 1. The molecule has 6 nitrogen and oxygen atoms in total. The molecule has 0 radical (unpaired) electrons. The van der Waals surface area contributed by atoms with Crippen molar-refractivity contribution >= 4 is 17.7 Å². The van der Waals surface area contributed by atoms with Gasteiger partial charge in [0, 0.05) is 18.8 Å². The summed E-state index contributed by atoms with van der Waals surface area (Å²) in [5, 5.41) is 13.8. The van der Waals surface area contributed by atoms with Crippen LogP contribution in [0, 0.1) is 0 Å². The molecular weight excluding hydrogens is 222 g/mol. The van der Waals surface area contributed by atoms with E-state index in [4.69, 9.17) is 10.8 Å². The van der Waals surface area contributed by atoms with Gasteiger partial charge in [-0.1, -0.05) is 18.2 Å². The van der Waals surface area contributed by atoms with Gasteiger partial charge in [-0.15, -0.1) is 0 Å². The highest BCUT2D eigenvalue weighted by Crippen LogP contribution is 2.15. The molecular formula is C11H15N3O3. The summed E-state index contributed by atoms with van der Waals surface area (Å²) >= 11 is 0. The van der Waals surface area contributed by atoms with Crippen LogP contribution in [0.1, 0.15) is 5.56 Å². The Hall–Kier alpha value is -2.08. The standard InChI is InChI=1S/C11H15N3O3/c12-5-6-13-11(17)14-9-4-2-1-3-8(9)7-10(15)16/h1-4H,5-7,12H2,(H,15,16)(H2,13,14,17). The third-order valence-electron chi connectivity index (χ3n) is 2.04. The summed E-state index contributed by atoms with van der Waals surface area (Å²) in [7, 11) is 0. The molecule has 0 aliphatic carbocycles. The Labute approximate surface area is 98.8 Å². The predicted octanol–water partition coefficient (Wildman–Crippen LogP) is 0.394. The average Bonchev–Trinajstić information content (AvgIpc) is 2.28. The van der Waals surface area contributed by atoms with Crippen molar-refractivity contribution in [1.82, 2.24) is 5.32 Å². The van der Waals surface area contributed by atoms with Crippen LogP contribution in [0.15, 0.2) is 24.3 Å². The molecule has 0 bridgehead atoms. The fourth-order valence-electron chi connectivity index (χ4n) is 1.31. The minimum Gasteiger partial charge on any atom is -0.481 e. The number of hydrogen-bond acceptors (Lipinski definition) is 3. The molecule has 1 aromatic carbocycles. The number of anilines is 1. The number of para-hydroxylation sites is 1. The number of urea groups is 1. The molecule has 0 unspecified atom stereocenters. The molecule has 17 heavy (non-hydrogen) atoms. The lowest BCUT2D eigenvalue weighted by molar-refractivity contribution is -0.136. The van der Waals surface area contributed by atoms with Crippen molar-refractivity contribution in [2.75, 3.05) is 18.4 Å². The summed E-state index contributed by atoms with van der Waals surface area (Å²) in [5.74, 6) is -0.943. The molecule has 6 heteroatoms. The van der Waals surface area contributed by atoms with E-state index in [0.717, 1.165) is 0 Å². The van der Waals surface area contributed by atoms with E-state index in [1.807, 2.05) is 0 Å². The lowest BCUT2D eigenvalue weighted by Crippen LogP contribution is -2.33. The number of rotatable bonds is 5. The quantitative estimate of drug-likeness (QED) is 0.594. The van der Waals surface area contributed by atoms with Gasteiger partial charge in [-0.2, -0.15) is 0 Å². The Morgan fingerprint density at radius 3 is 2.65 bits per heavy atom. The molecule has 0 heterocycles. The second-order valence-corrected chi connectivity index (χ2v) is 3.40. The van der Waals surface area contributed by atoms with E-state index in [-0.39, 0.29) is 6.42 Å². The van der Waals surface area contributed by atoms with Crippen LogP contribution in [0.4, 0.5) is 10.5 Å². The Balaban J connectivity index is 2.69. The van der Waals surface area contributed by atoms with Crippen LogP contribution in [0.3, 0.4) is 0 Å². The number of hydrogen-bond donors (Lipinski definition) is 4. The smallest absolute Gasteiger partial charge is 0.319 e. The van der Waals surface area contributed by atoms with E-state index in [2.05, 4.69) is 10.6 Å². The molecule has 0 fully saturated rings. The van der Waals surface area contributed by atoms with Gasteiger partial charge in [0.05, 0.1) is 6.42 Å². The van der Waals surface area contributed by atoms with E-state index in [1.54, 1.807) is 24.3 Å². The fourth-order valence-corrected chi connectivity index (χ4v) is 1.31. The van der Waals surface area contributed by atoms with E-state index < -0.39 is 12.0 Å². The summed E-state index contributed by atoms with van der Waals surface area (Å²) in [6, 6.07) is 6.37. The minimum atomic E-state index is -0.943. The van der Waals surface area contributed by atoms with Crippen molar-refractivity contribution in [2.24, 2.45) is 5.73 Å². The van der Waals surface area contributed by atoms with Crippen LogP contribution in [0.25, 0.3) is 0 Å². The largest absolute Gasteiger partial charge is 0.481 e. The number of aliphatic carboxylic acids is 1. The van der Waals surface area contributed by atoms with Gasteiger partial charge in [0.25, 0.3) is 0 Å². The molecule has 0 spiro atoms. The summed E-state index contributed by atoms with van der Waals surface area (Å²) in [6.07, 6.45) is -0.132. The molecule has 92 valence electrons. The van der Waals surface area contributed by atoms with Crippen LogP contribution in [0.5, 0.6) is 0 Å². The zero-order chi connectivity index (χ0) is 12.7. The third-order valence-corrected chi connectivity index (χ3v) is 2.04. The van der Waals surface area contributed by atoms with Crippen molar-refractivity contribution in [3.63, 3.8) is 0 Å². The van der Waals surface area contributed by atoms with Crippen LogP contribution >= 0.6 is 0 Å². The van der Waals surface area contributed by atoms with Gasteiger partial charge in [-0.3, -0.25) is 4.79 Å². The van der Waals surface area contributed by atoms with Crippen LogP contribution in [0.2, 0.25) is 0 Å². The monoisotopic (exact) mass is 237 g/mol. The number of carbonyl (C=O) groups is 2. The highest BCUT2D eigenvalue weighted by Gasteiger charge is 2.08. The maximum absolute atomic E-state index is 11.4. The van der Waals surface area contributed by atoms with Gasteiger partial charge in [0.15, 0.2) is 0 Å². The zero-order valence-electron chi connectivity index (χ0n) is 9.27. The topological polar surface area (TPSA) is 104 Å². The number of carboxylic acids is 1. The number of carboxylic acid groups (broad SMARTS) is 1. The zero-order valence-corrected chi connectivity index (χ0v) is 9.27. The normalized spacial score (nSPS) is 9.71. The summed E-state index contributed by atoms with van der Waals surface area (Å²) < 4.78 is 0. The van der Waals surface area contributed by atoms with Crippen molar-refractivity contribution in [2.45, 2.75) is 6.42 Å². The Kier molecular flexibility index (Phi) is 4.96. The fraction of sp³-hybridized carbons (Fsp3) is 0.273. The molecule has 0 atom stereocenters. The Morgan fingerprint density at radius 1 is 1.29 bits per heavy atom. The van der Waals surface area contributed by atoms with Crippen molar-refractivity contribution in [3.8, 4) is 0 Å². The summed E-state index contributed by atoms with van der Waals surface area (Å²) in [4.78, 5) is 22.0. The van der Waals surface area contributed by atoms with E-state index in [0.29, 0.717) is 24.3 Å². The summed E-state index contributed by atoms with van der Waals surface area (Å²) in [6.45, 7) is 0.719. The molecule has 5 N–H and O–H groups in total. The Morgan fingerprint density at radius 2 is 2.00 bits per heavy atom. The van der Waals surface area contributed by atoms with E-state index in [9.17, 15) is 9.59 Å². The van der Waals surface area contributed by atoms with Gasteiger partial charge in [-0.05, 0) is 11.6 Å². The predicted molar refractivity (Wildman–Crippen MR) is 63.9 cm³/mol. The number of nitrogens with two attached hydrogens (primary N) is 1. The number of nitrogens with one attached hydrogen (secondary N) is 2. The van der Waals surface area contributed by atoms with Gasteiger partial charge in [-0.25, -0.2) is 4.79 Å². The SMILES string of the molecule is NCCNC(=O)Nc1ccccc1CC(=O)O. The maximum atomic E-state index is 11.4. The third kappa shape index (κ3) is 4.52. The minimum absolute atomic E-state index is 0.132. The van der Waals surface area contributed by atoms with Crippen LogP contribution in [-0.2, 0) is 11.2 Å². The molecule has 0 aliphatic rings. The van der Waals surface area contributed by atoms with Crippen molar-refractivity contribution in [1.29, 1.82) is 0 Å². The molecule has 0 aromatic heterocycles. The molecule has 1 aromatic rings. The van der Waals surface area contributed by atoms with Gasteiger partial charge in [0.1, 0.15) is 0 Å². The lowest BCUT2D eigenvalue weighted by Gasteiger charge is -2.10. The van der Waals surface area contributed by atoms with Crippen molar-refractivity contribution < 1.29 is 14.7 Å². The molecule has 2 amide bonds. The van der Waals surface area contributed by atoms with Gasteiger partial charge in [0.2, 0.25) is 0 Å². The van der Waals surface area contributed by atoms with Gasteiger partial charge >= 0.3 is 12.0 Å². The molecule has 0 aliphatic heterocycles. The first-order valence-corrected chi connectivity index (χ1v) is 5.18. The second-order valence-electron chi connectivity index (χ2n) is 3.40. The van der Waals surface area contributed by atoms with Gasteiger partial charge < -0.3 is 21.5 Å². The molecule has 1 rings (SSSR count). The molecule has 0 saturated heterocycles. The Bertz CT molecular complexity index is 407. The second kappa shape index (κ2) is 6.49. The maximum Gasteiger partial charge on any atom is 0.319 e. The number of amides is 2. The highest BCUT2D eigenvalue weighted by atomic mass is 16.4. The highest BCUT2D eigenvalue weighted by molar-refractivity contribution is 5.90. The average molecular weight is 237 g/mol. The summed E-state index contributed by atoms with van der Waals surface area (Å²) in [5.41, 5.74) is 6.29.